The summed E-state index contributed by atoms with van der Waals surface area (Å²) in [5.41, 5.74) is 4.91. The topological polar surface area (TPSA) is 21.3 Å². The normalized spacial score (nSPS) is 12.0. The Morgan fingerprint density at radius 3 is 2.38 bits per heavy atom. The lowest BCUT2D eigenvalue weighted by Crippen LogP contribution is -2.08. The van der Waals surface area contributed by atoms with E-state index in [0.29, 0.717) is 6.61 Å². The summed E-state index contributed by atoms with van der Waals surface area (Å²) >= 11 is 3.65. The first-order chi connectivity index (χ1) is 10.0. The molecule has 0 amide bonds. The van der Waals surface area contributed by atoms with Crippen LogP contribution in [0.1, 0.15) is 36.6 Å². The minimum atomic E-state index is 0.235. The van der Waals surface area contributed by atoms with Crippen molar-refractivity contribution in [2.75, 3.05) is 11.9 Å². The van der Waals surface area contributed by atoms with Crippen LogP contribution in [0.2, 0.25) is 0 Å². The summed E-state index contributed by atoms with van der Waals surface area (Å²) in [7, 11) is 0. The zero-order valence-corrected chi connectivity index (χ0v) is 14.6. The van der Waals surface area contributed by atoms with Gasteiger partial charge in [0.25, 0.3) is 0 Å². The Morgan fingerprint density at radius 2 is 1.81 bits per heavy atom. The number of hydrogen-bond acceptors (Lipinski definition) is 2. The quantitative estimate of drug-likeness (QED) is 0.755. The smallest absolute Gasteiger partial charge is 0.119 e. The molecule has 0 aliphatic carbocycles. The second-order valence-corrected chi connectivity index (χ2v) is 6.16. The van der Waals surface area contributed by atoms with Gasteiger partial charge in [0.15, 0.2) is 0 Å². The average Bonchev–Trinajstić information content (AvgIpc) is 2.43. The van der Waals surface area contributed by atoms with Crippen molar-refractivity contribution in [1.29, 1.82) is 0 Å². The lowest BCUT2D eigenvalue weighted by Gasteiger charge is -2.19. The van der Waals surface area contributed by atoms with Crippen molar-refractivity contribution in [3.8, 4) is 5.75 Å². The zero-order chi connectivity index (χ0) is 15.4. The van der Waals surface area contributed by atoms with E-state index in [0.717, 1.165) is 15.9 Å². The van der Waals surface area contributed by atoms with Crippen molar-refractivity contribution in [3.63, 3.8) is 0 Å². The molecule has 2 aromatic carbocycles. The molecule has 3 heteroatoms. The predicted molar refractivity (Wildman–Crippen MR) is 93.3 cm³/mol. The van der Waals surface area contributed by atoms with Crippen LogP contribution in [0.25, 0.3) is 0 Å². The molecule has 1 N–H and O–H groups in total. The summed E-state index contributed by atoms with van der Waals surface area (Å²) in [5.74, 6) is 0.918. The van der Waals surface area contributed by atoms with Gasteiger partial charge in [0.1, 0.15) is 5.75 Å². The van der Waals surface area contributed by atoms with E-state index in [2.05, 4.69) is 66.3 Å². The Kier molecular flexibility index (Phi) is 5.29. The van der Waals surface area contributed by atoms with Gasteiger partial charge in [0, 0.05) is 10.5 Å². The van der Waals surface area contributed by atoms with E-state index in [4.69, 9.17) is 4.74 Å². The van der Waals surface area contributed by atoms with E-state index >= 15 is 0 Å². The Hall–Kier alpha value is -1.48. The molecule has 0 radical (unpaired) electrons. The summed E-state index contributed by atoms with van der Waals surface area (Å²) < 4.78 is 6.59. The van der Waals surface area contributed by atoms with Crippen LogP contribution in [0.15, 0.2) is 40.9 Å². The first-order valence-corrected chi connectivity index (χ1v) is 8.06. The minimum absolute atomic E-state index is 0.235. The Labute approximate surface area is 135 Å². The molecule has 2 nitrogen and oxygen atoms in total. The second kappa shape index (κ2) is 6.99. The van der Waals surface area contributed by atoms with Gasteiger partial charge < -0.3 is 10.1 Å². The van der Waals surface area contributed by atoms with Crippen LogP contribution in [0, 0.1) is 13.8 Å². The monoisotopic (exact) mass is 347 g/mol. The molecule has 0 aliphatic rings. The maximum absolute atomic E-state index is 5.48. The second-order valence-electron chi connectivity index (χ2n) is 5.31. The molecular formula is C18H22BrNO. The zero-order valence-electron chi connectivity index (χ0n) is 13.0. The molecular weight excluding hydrogens is 326 g/mol. The molecule has 2 rings (SSSR count). The van der Waals surface area contributed by atoms with Gasteiger partial charge >= 0.3 is 0 Å². The minimum Gasteiger partial charge on any atom is -0.494 e. The van der Waals surface area contributed by atoms with Gasteiger partial charge in [-0.2, -0.15) is 0 Å². The van der Waals surface area contributed by atoms with Crippen LogP contribution < -0.4 is 10.1 Å². The van der Waals surface area contributed by atoms with Crippen LogP contribution in [-0.4, -0.2) is 6.61 Å². The average molecular weight is 348 g/mol. The van der Waals surface area contributed by atoms with Crippen LogP contribution in [-0.2, 0) is 0 Å². The molecule has 0 bridgehead atoms. The molecule has 1 atom stereocenters. The molecule has 0 saturated carbocycles. The van der Waals surface area contributed by atoms with Gasteiger partial charge in [0.05, 0.1) is 12.3 Å². The summed E-state index contributed by atoms with van der Waals surface area (Å²) in [5, 5.41) is 3.59. The summed E-state index contributed by atoms with van der Waals surface area (Å²) in [6, 6.07) is 12.8. The van der Waals surface area contributed by atoms with E-state index in [1.54, 1.807) is 0 Å². The molecule has 21 heavy (non-hydrogen) atoms. The van der Waals surface area contributed by atoms with Crippen molar-refractivity contribution >= 4 is 21.6 Å². The van der Waals surface area contributed by atoms with Gasteiger partial charge in [-0.1, -0.05) is 18.2 Å². The maximum Gasteiger partial charge on any atom is 0.119 e. The van der Waals surface area contributed by atoms with Gasteiger partial charge in [-0.05, 0) is 78.5 Å². The number of anilines is 1. The van der Waals surface area contributed by atoms with Crippen LogP contribution >= 0.6 is 15.9 Å². The third-order valence-electron chi connectivity index (χ3n) is 3.48. The van der Waals surface area contributed by atoms with Crippen molar-refractivity contribution in [3.05, 3.63) is 57.6 Å². The molecule has 0 aliphatic heterocycles. The van der Waals surface area contributed by atoms with Gasteiger partial charge in [-0.25, -0.2) is 0 Å². The summed E-state index contributed by atoms with van der Waals surface area (Å²) in [6.07, 6.45) is 0. The van der Waals surface area contributed by atoms with E-state index in [1.165, 1.54) is 16.7 Å². The van der Waals surface area contributed by atoms with Crippen LogP contribution in [0.5, 0.6) is 5.75 Å². The van der Waals surface area contributed by atoms with Crippen LogP contribution in [0.4, 0.5) is 5.69 Å². The fourth-order valence-electron chi connectivity index (χ4n) is 2.42. The largest absolute Gasteiger partial charge is 0.494 e. The van der Waals surface area contributed by atoms with Crippen molar-refractivity contribution in [2.24, 2.45) is 0 Å². The first kappa shape index (κ1) is 15.9. The highest BCUT2D eigenvalue weighted by Gasteiger charge is 2.10. The van der Waals surface area contributed by atoms with E-state index < -0.39 is 0 Å². The lowest BCUT2D eigenvalue weighted by molar-refractivity contribution is 0.340. The molecule has 1 unspecified atom stereocenters. The van der Waals surface area contributed by atoms with Gasteiger partial charge in [0.2, 0.25) is 0 Å². The number of benzene rings is 2. The molecule has 112 valence electrons. The molecule has 0 fully saturated rings. The SMILES string of the molecule is CCOc1ccc(C(C)Nc2c(C)cc(C)cc2Br)cc1. The molecule has 0 saturated heterocycles. The first-order valence-electron chi connectivity index (χ1n) is 7.27. The van der Waals surface area contributed by atoms with Crippen molar-refractivity contribution < 1.29 is 4.74 Å². The fraction of sp³-hybridized carbons (Fsp3) is 0.333. The standard InChI is InChI=1S/C18H22BrNO/c1-5-21-16-8-6-15(7-9-16)14(4)20-18-13(3)10-12(2)11-17(18)19/h6-11,14,20H,5H2,1-4H3. The number of hydrogen-bond donors (Lipinski definition) is 1. The highest BCUT2D eigenvalue weighted by atomic mass is 79.9. The fourth-order valence-corrected chi connectivity index (χ4v) is 3.21. The molecule has 0 heterocycles. The third-order valence-corrected chi connectivity index (χ3v) is 4.11. The highest BCUT2D eigenvalue weighted by Crippen LogP contribution is 2.31. The Morgan fingerprint density at radius 1 is 1.14 bits per heavy atom. The Balaban J connectivity index is 2.16. The number of rotatable bonds is 5. The third kappa shape index (κ3) is 4.01. The number of halogens is 1. The molecule has 2 aromatic rings. The molecule has 0 aromatic heterocycles. The maximum atomic E-state index is 5.48. The lowest BCUT2D eigenvalue weighted by atomic mass is 10.1. The number of ether oxygens (including phenoxy) is 1. The van der Waals surface area contributed by atoms with Gasteiger partial charge in [-0.15, -0.1) is 0 Å². The van der Waals surface area contributed by atoms with E-state index in [-0.39, 0.29) is 6.04 Å². The van der Waals surface area contributed by atoms with Crippen LogP contribution in [0.3, 0.4) is 0 Å². The highest BCUT2D eigenvalue weighted by molar-refractivity contribution is 9.10. The van der Waals surface area contributed by atoms with Gasteiger partial charge in [-0.3, -0.25) is 0 Å². The number of aryl methyl sites for hydroxylation is 2. The molecule has 0 spiro atoms. The predicted octanol–water partition coefficient (Wildman–Crippen LogP) is 5.64. The Bertz CT molecular complexity index is 584. The van der Waals surface area contributed by atoms with Crippen molar-refractivity contribution in [1.82, 2.24) is 0 Å². The van der Waals surface area contributed by atoms with E-state index in [9.17, 15) is 0 Å². The number of nitrogens with one attached hydrogen (secondary N) is 1. The van der Waals surface area contributed by atoms with Crippen molar-refractivity contribution in [2.45, 2.75) is 33.7 Å². The summed E-state index contributed by atoms with van der Waals surface area (Å²) in [4.78, 5) is 0. The van der Waals surface area contributed by atoms with E-state index in [1.807, 2.05) is 19.1 Å². The summed E-state index contributed by atoms with van der Waals surface area (Å²) in [6.45, 7) is 9.10.